The summed E-state index contributed by atoms with van der Waals surface area (Å²) >= 11 is 0. The highest BCUT2D eigenvalue weighted by atomic mass is 16.3. The molecule has 2 aliphatic rings. The molecule has 1 aromatic carbocycles. The van der Waals surface area contributed by atoms with Crippen molar-refractivity contribution in [3.63, 3.8) is 0 Å². The molecule has 2 aliphatic heterocycles. The van der Waals surface area contributed by atoms with Gasteiger partial charge in [-0.1, -0.05) is 6.07 Å². The first-order valence-corrected chi connectivity index (χ1v) is 10.8. The number of aromatic nitrogens is 3. The van der Waals surface area contributed by atoms with Gasteiger partial charge in [-0.25, -0.2) is 0 Å². The molecule has 2 fully saturated rings. The van der Waals surface area contributed by atoms with E-state index in [0.717, 1.165) is 43.1 Å². The Morgan fingerprint density at radius 1 is 1.06 bits per heavy atom. The van der Waals surface area contributed by atoms with Crippen LogP contribution in [0.2, 0.25) is 0 Å². The van der Waals surface area contributed by atoms with Crippen LogP contribution < -0.4 is 15.8 Å². The summed E-state index contributed by atoms with van der Waals surface area (Å²) in [4.78, 5) is 14.2. The van der Waals surface area contributed by atoms with Gasteiger partial charge in [0.1, 0.15) is 5.75 Å². The van der Waals surface area contributed by atoms with E-state index in [1.54, 1.807) is 25.4 Å². The molecular formula is C24H27N5O2. The smallest absolute Gasteiger partial charge is 0.250 e. The molecule has 31 heavy (non-hydrogen) atoms. The molecule has 0 amide bonds. The number of anilines is 1. The molecule has 4 heterocycles. The van der Waals surface area contributed by atoms with Crippen LogP contribution in [-0.4, -0.2) is 46.1 Å². The Labute approximate surface area is 181 Å². The van der Waals surface area contributed by atoms with E-state index in [1.165, 1.54) is 23.8 Å². The minimum absolute atomic E-state index is 0.0878. The number of piperidine rings is 1. The molecule has 1 spiro atoms. The first-order valence-electron chi connectivity index (χ1n) is 10.8. The summed E-state index contributed by atoms with van der Waals surface area (Å²) in [6.07, 6.45) is 5.42. The normalized spacial score (nSPS) is 21.0. The molecular weight excluding hydrogens is 390 g/mol. The summed E-state index contributed by atoms with van der Waals surface area (Å²) in [6.45, 7) is 4.24. The lowest BCUT2D eigenvalue weighted by Crippen LogP contribution is -2.42. The SMILES string of the molecule is Cn1ccc(-c2ccc(-c3ccc(N4CCC5(CCCNC5)C4)nn3)c(O)c2)cc1=O. The zero-order chi connectivity index (χ0) is 21.4. The van der Waals surface area contributed by atoms with Crippen LogP contribution in [0, 0.1) is 5.41 Å². The number of pyridine rings is 1. The fourth-order valence-electron chi connectivity index (χ4n) is 4.80. The van der Waals surface area contributed by atoms with Crippen molar-refractivity contribution in [1.82, 2.24) is 20.1 Å². The van der Waals surface area contributed by atoms with Gasteiger partial charge < -0.3 is 19.9 Å². The lowest BCUT2D eigenvalue weighted by Gasteiger charge is -2.33. The summed E-state index contributed by atoms with van der Waals surface area (Å²) in [5, 5.41) is 23.0. The standard InChI is InChI=1S/C24H27N5O2/c1-28-11-7-18(14-23(28)31)17-3-4-19(21(30)13-17)20-5-6-22(27-26-20)29-12-9-24(16-29)8-2-10-25-15-24/h3-7,11,13-14,25,30H,2,8-10,12,15-16H2,1H3. The lowest BCUT2D eigenvalue weighted by molar-refractivity contribution is 0.239. The van der Waals surface area contributed by atoms with E-state index in [0.29, 0.717) is 16.7 Å². The third kappa shape index (κ3) is 3.81. The second-order valence-electron chi connectivity index (χ2n) is 8.83. The van der Waals surface area contributed by atoms with Gasteiger partial charge in [0.15, 0.2) is 5.82 Å². The minimum atomic E-state index is -0.0878. The Bertz CT molecular complexity index is 1150. The molecule has 160 valence electrons. The van der Waals surface area contributed by atoms with Gasteiger partial charge in [-0.15, -0.1) is 10.2 Å². The van der Waals surface area contributed by atoms with Crippen LogP contribution in [0.1, 0.15) is 19.3 Å². The number of phenolic OH excluding ortho intramolecular Hbond substituents is 1. The maximum absolute atomic E-state index is 11.9. The molecule has 2 aromatic heterocycles. The van der Waals surface area contributed by atoms with Gasteiger partial charge in [-0.05, 0) is 67.3 Å². The van der Waals surface area contributed by atoms with Crippen molar-refractivity contribution in [2.75, 3.05) is 31.1 Å². The van der Waals surface area contributed by atoms with E-state index in [9.17, 15) is 9.90 Å². The van der Waals surface area contributed by atoms with Crippen molar-refractivity contribution >= 4 is 5.82 Å². The van der Waals surface area contributed by atoms with Crippen molar-refractivity contribution in [3.05, 3.63) is 59.0 Å². The van der Waals surface area contributed by atoms with E-state index in [1.807, 2.05) is 30.3 Å². The number of phenols is 1. The number of nitrogens with zero attached hydrogens (tertiary/aromatic N) is 4. The van der Waals surface area contributed by atoms with Crippen molar-refractivity contribution in [2.45, 2.75) is 19.3 Å². The third-order valence-electron chi connectivity index (χ3n) is 6.68. The van der Waals surface area contributed by atoms with E-state index in [2.05, 4.69) is 20.4 Å². The molecule has 5 rings (SSSR count). The quantitative estimate of drug-likeness (QED) is 0.682. The van der Waals surface area contributed by atoms with Gasteiger partial charge in [0.05, 0.1) is 5.69 Å². The molecule has 0 saturated carbocycles. The fraction of sp³-hybridized carbons (Fsp3) is 0.375. The topological polar surface area (TPSA) is 83.3 Å². The summed E-state index contributed by atoms with van der Waals surface area (Å²) in [5.41, 5.74) is 3.09. The van der Waals surface area contributed by atoms with Gasteiger partial charge in [-0.3, -0.25) is 4.79 Å². The van der Waals surface area contributed by atoms with Gasteiger partial charge >= 0.3 is 0 Å². The van der Waals surface area contributed by atoms with Crippen LogP contribution >= 0.6 is 0 Å². The highest BCUT2D eigenvalue weighted by Gasteiger charge is 2.39. The predicted molar refractivity (Wildman–Crippen MR) is 121 cm³/mol. The number of aromatic hydroxyl groups is 1. The summed E-state index contributed by atoms with van der Waals surface area (Å²) < 4.78 is 1.52. The van der Waals surface area contributed by atoms with Crippen LogP contribution in [0.3, 0.4) is 0 Å². The van der Waals surface area contributed by atoms with Gasteiger partial charge in [0.2, 0.25) is 0 Å². The third-order valence-corrected chi connectivity index (χ3v) is 6.68. The number of hydrogen-bond donors (Lipinski definition) is 2. The number of hydrogen-bond acceptors (Lipinski definition) is 6. The van der Waals surface area contributed by atoms with Crippen molar-refractivity contribution in [1.29, 1.82) is 0 Å². The predicted octanol–water partition coefficient (Wildman–Crippen LogP) is 2.79. The molecule has 7 heteroatoms. The van der Waals surface area contributed by atoms with Crippen LogP contribution in [-0.2, 0) is 7.05 Å². The van der Waals surface area contributed by atoms with E-state index in [4.69, 9.17) is 0 Å². The number of aryl methyl sites for hydroxylation is 1. The summed E-state index contributed by atoms with van der Waals surface area (Å²) in [6, 6.07) is 12.7. The van der Waals surface area contributed by atoms with Crippen LogP contribution in [0.5, 0.6) is 5.75 Å². The number of benzene rings is 1. The van der Waals surface area contributed by atoms with Crippen molar-refractivity contribution in [2.24, 2.45) is 12.5 Å². The first-order chi connectivity index (χ1) is 15.0. The molecule has 2 N–H and O–H groups in total. The maximum Gasteiger partial charge on any atom is 0.250 e. The van der Waals surface area contributed by atoms with Crippen molar-refractivity contribution < 1.29 is 5.11 Å². The largest absolute Gasteiger partial charge is 0.507 e. The van der Waals surface area contributed by atoms with Crippen molar-refractivity contribution in [3.8, 4) is 28.1 Å². The van der Waals surface area contributed by atoms with E-state index >= 15 is 0 Å². The highest BCUT2D eigenvalue weighted by Crippen LogP contribution is 2.38. The van der Waals surface area contributed by atoms with Gasteiger partial charge in [0.25, 0.3) is 5.56 Å². The average molecular weight is 418 g/mol. The van der Waals surface area contributed by atoms with Gasteiger partial charge in [-0.2, -0.15) is 0 Å². The Hall–Kier alpha value is -3.19. The molecule has 7 nitrogen and oxygen atoms in total. The number of rotatable bonds is 3. The zero-order valence-electron chi connectivity index (χ0n) is 17.7. The Morgan fingerprint density at radius 3 is 2.65 bits per heavy atom. The molecule has 1 atom stereocenters. The summed E-state index contributed by atoms with van der Waals surface area (Å²) in [5.74, 6) is 1.01. The Morgan fingerprint density at radius 2 is 1.94 bits per heavy atom. The highest BCUT2D eigenvalue weighted by molar-refractivity contribution is 5.74. The maximum atomic E-state index is 11.9. The lowest BCUT2D eigenvalue weighted by atomic mass is 9.80. The second kappa shape index (κ2) is 7.81. The zero-order valence-corrected chi connectivity index (χ0v) is 17.7. The van der Waals surface area contributed by atoms with Crippen LogP contribution in [0.25, 0.3) is 22.4 Å². The monoisotopic (exact) mass is 417 g/mol. The second-order valence-corrected chi connectivity index (χ2v) is 8.83. The molecule has 1 unspecified atom stereocenters. The van der Waals surface area contributed by atoms with Crippen LogP contribution in [0.15, 0.2) is 53.5 Å². The van der Waals surface area contributed by atoms with Crippen LogP contribution in [0.4, 0.5) is 5.82 Å². The van der Waals surface area contributed by atoms with Gasteiger partial charge in [0, 0.05) is 49.9 Å². The molecule has 0 bridgehead atoms. The van der Waals surface area contributed by atoms with E-state index < -0.39 is 0 Å². The first kappa shape index (κ1) is 19.8. The Kier molecular flexibility index (Phi) is 4.98. The molecule has 0 aliphatic carbocycles. The molecule has 3 aromatic rings. The number of nitrogens with one attached hydrogen (secondary N) is 1. The van der Waals surface area contributed by atoms with E-state index in [-0.39, 0.29) is 11.3 Å². The molecule has 2 saturated heterocycles. The Balaban J connectivity index is 1.35. The average Bonchev–Trinajstić information content (AvgIpc) is 3.19. The fourth-order valence-corrected chi connectivity index (χ4v) is 4.80. The summed E-state index contributed by atoms with van der Waals surface area (Å²) in [7, 11) is 1.71. The minimum Gasteiger partial charge on any atom is -0.507 e. The molecule has 0 radical (unpaired) electrons.